The number of imidazole rings is 1. The summed E-state index contributed by atoms with van der Waals surface area (Å²) in [5.74, 6) is 1.67. The van der Waals surface area contributed by atoms with E-state index in [2.05, 4.69) is 34.3 Å². The highest BCUT2D eigenvalue weighted by molar-refractivity contribution is 7.98. The number of carbonyl (C=O) groups excluding carboxylic acids is 1. The van der Waals surface area contributed by atoms with E-state index in [0.717, 1.165) is 29.0 Å². The summed E-state index contributed by atoms with van der Waals surface area (Å²) in [5, 5.41) is 3.82. The van der Waals surface area contributed by atoms with Crippen molar-refractivity contribution in [3.8, 4) is 0 Å². The number of carbonyl (C=O) groups is 1. The first kappa shape index (κ1) is 21.5. The summed E-state index contributed by atoms with van der Waals surface area (Å²) in [7, 11) is 0. The fourth-order valence-corrected chi connectivity index (χ4v) is 4.23. The zero-order chi connectivity index (χ0) is 21.6. The summed E-state index contributed by atoms with van der Waals surface area (Å²) in [6.07, 6.45) is 2.86. The first-order valence-corrected chi connectivity index (χ1v) is 12.0. The largest absolute Gasteiger partial charge is 0.342 e. The number of thioether (sulfide) groups is 1. The zero-order valence-electron chi connectivity index (χ0n) is 17.3. The molecule has 0 spiro atoms. The van der Waals surface area contributed by atoms with Crippen molar-refractivity contribution in [2.75, 3.05) is 12.0 Å². The van der Waals surface area contributed by atoms with Crippen LogP contribution >= 0.6 is 23.4 Å². The molecule has 1 heterocycles. The van der Waals surface area contributed by atoms with Crippen molar-refractivity contribution >= 4 is 40.3 Å². The Balaban J connectivity index is 1.71. The lowest BCUT2D eigenvalue weighted by Gasteiger charge is -2.20. The standard InChI is InChI=1S/C25H24ClN3OS/c1-31-16-15-22(28-25(30)19-11-13-20(26)14-12-19)24-27-21-9-5-6-10-23(21)29(24)17-18-7-3-2-4-8-18/h2-14,22H,15-17H2,1H3,(H,28,30)/t22-/m0/s1. The van der Waals surface area contributed by atoms with Gasteiger partial charge in [-0.25, -0.2) is 4.98 Å². The van der Waals surface area contributed by atoms with Crippen LogP contribution in [-0.2, 0) is 6.54 Å². The van der Waals surface area contributed by atoms with Crippen molar-refractivity contribution in [3.05, 3.63) is 101 Å². The molecule has 0 aliphatic carbocycles. The van der Waals surface area contributed by atoms with E-state index in [1.165, 1.54) is 5.56 Å². The first-order valence-electron chi connectivity index (χ1n) is 10.2. The predicted molar refractivity (Wildman–Crippen MR) is 130 cm³/mol. The Bertz CT molecular complexity index is 1160. The molecule has 0 fully saturated rings. The number of aromatic nitrogens is 2. The van der Waals surface area contributed by atoms with E-state index in [9.17, 15) is 4.79 Å². The van der Waals surface area contributed by atoms with Gasteiger partial charge >= 0.3 is 0 Å². The van der Waals surface area contributed by atoms with Gasteiger partial charge in [0.25, 0.3) is 5.91 Å². The zero-order valence-corrected chi connectivity index (χ0v) is 18.9. The maximum absolute atomic E-state index is 13.0. The van der Waals surface area contributed by atoms with Gasteiger partial charge in [0.1, 0.15) is 5.82 Å². The van der Waals surface area contributed by atoms with Gasteiger partial charge in [-0.3, -0.25) is 4.79 Å². The van der Waals surface area contributed by atoms with Gasteiger partial charge in [-0.15, -0.1) is 0 Å². The fraction of sp³-hybridized carbons (Fsp3) is 0.200. The third-order valence-corrected chi connectivity index (χ3v) is 6.10. The van der Waals surface area contributed by atoms with Crippen LogP contribution in [-0.4, -0.2) is 27.5 Å². The Hall–Kier alpha value is -2.76. The predicted octanol–water partition coefficient (Wildman–Crippen LogP) is 5.96. The molecule has 0 bridgehead atoms. The number of rotatable bonds is 8. The number of amides is 1. The van der Waals surface area contributed by atoms with Crippen molar-refractivity contribution < 1.29 is 4.79 Å². The second kappa shape index (κ2) is 10.0. The number of hydrogen-bond acceptors (Lipinski definition) is 3. The second-order valence-electron chi connectivity index (χ2n) is 7.34. The van der Waals surface area contributed by atoms with E-state index in [1.54, 1.807) is 36.0 Å². The van der Waals surface area contributed by atoms with Crippen LogP contribution in [0, 0.1) is 0 Å². The molecule has 4 nitrogen and oxygen atoms in total. The van der Waals surface area contributed by atoms with Gasteiger partial charge in [0, 0.05) is 17.1 Å². The maximum atomic E-state index is 13.0. The quantitative estimate of drug-likeness (QED) is 0.361. The monoisotopic (exact) mass is 449 g/mol. The Kier molecular flexibility index (Phi) is 6.95. The molecule has 0 aliphatic heterocycles. The summed E-state index contributed by atoms with van der Waals surface area (Å²) in [5.41, 5.74) is 3.78. The van der Waals surface area contributed by atoms with Crippen molar-refractivity contribution in [2.45, 2.75) is 19.0 Å². The van der Waals surface area contributed by atoms with Gasteiger partial charge in [-0.1, -0.05) is 54.1 Å². The number of benzene rings is 3. The van der Waals surface area contributed by atoms with Crippen LogP contribution in [0.15, 0.2) is 78.9 Å². The van der Waals surface area contributed by atoms with Crippen LogP contribution in [0.2, 0.25) is 5.02 Å². The number of halogens is 1. The SMILES string of the molecule is CSCC[C@H](NC(=O)c1ccc(Cl)cc1)c1nc2ccccc2n1Cc1ccccc1. The van der Waals surface area contributed by atoms with Crippen molar-refractivity contribution in [1.82, 2.24) is 14.9 Å². The van der Waals surface area contributed by atoms with E-state index in [-0.39, 0.29) is 11.9 Å². The highest BCUT2D eigenvalue weighted by atomic mass is 35.5. The first-order chi connectivity index (χ1) is 15.2. The molecule has 1 N–H and O–H groups in total. The molecule has 0 radical (unpaired) electrons. The van der Waals surface area contributed by atoms with Crippen LogP contribution in [0.5, 0.6) is 0 Å². The molecule has 31 heavy (non-hydrogen) atoms. The van der Waals surface area contributed by atoms with Crippen LogP contribution in [0.4, 0.5) is 0 Å². The van der Waals surface area contributed by atoms with Gasteiger partial charge in [0.05, 0.1) is 17.1 Å². The lowest BCUT2D eigenvalue weighted by atomic mass is 10.1. The molecular weight excluding hydrogens is 426 g/mol. The number of nitrogens with one attached hydrogen (secondary N) is 1. The summed E-state index contributed by atoms with van der Waals surface area (Å²) < 4.78 is 2.22. The van der Waals surface area contributed by atoms with Crippen LogP contribution < -0.4 is 5.32 Å². The molecule has 0 aliphatic rings. The van der Waals surface area contributed by atoms with Crippen molar-refractivity contribution in [1.29, 1.82) is 0 Å². The third kappa shape index (κ3) is 5.12. The van der Waals surface area contributed by atoms with E-state index in [4.69, 9.17) is 16.6 Å². The molecule has 1 amide bonds. The van der Waals surface area contributed by atoms with Gasteiger partial charge in [-0.05, 0) is 60.4 Å². The number of nitrogens with zero attached hydrogens (tertiary/aromatic N) is 2. The van der Waals surface area contributed by atoms with Gasteiger partial charge in [0.15, 0.2) is 0 Å². The lowest BCUT2D eigenvalue weighted by Crippen LogP contribution is -2.31. The molecule has 4 rings (SSSR count). The second-order valence-corrected chi connectivity index (χ2v) is 8.77. The maximum Gasteiger partial charge on any atom is 0.251 e. The average Bonchev–Trinajstić information content (AvgIpc) is 3.16. The minimum absolute atomic E-state index is 0.124. The minimum Gasteiger partial charge on any atom is -0.342 e. The Morgan fingerprint density at radius 2 is 1.74 bits per heavy atom. The van der Waals surface area contributed by atoms with Gasteiger partial charge < -0.3 is 9.88 Å². The molecular formula is C25H24ClN3OS. The number of fused-ring (bicyclic) bond motifs is 1. The van der Waals surface area contributed by atoms with Gasteiger partial charge in [-0.2, -0.15) is 11.8 Å². The third-order valence-electron chi connectivity index (χ3n) is 5.20. The van der Waals surface area contributed by atoms with Crippen LogP contribution in [0.1, 0.15) is 34.2 Å². The minimum atomic E-state index is -0.202. The fourth-order valence-electron chi connectivity index (χ4n) is 3.64. The molecule has 1 aromatic heterocycles. The van der Waals surface area contributed by atoms with E-state index in [0.29, 0.717) is 17.1 Å². The summed E-state index contributed by atoms with van der Waals surface area (Å²) in [4.78, 5) is 17.9. The van der Waals surface area contributed by atoms with E-state index < -0.39 is 0 Å². The molecule has 0 saturated carbocycles. The number of hydrogen-bond donors (Lipinski definition) is 1. The molecule has 4 aromatic rings. The summed E-state index contributed by atoms with van der Waals surface area (Å²) >= 11 is 7.74. The van der Waals surface area contributed by atoms with Gasteiger partial charge in [0.2, 0.25) is 0 Å². The number of para-hydroxylation sites is 2. The average molecular weight is 450 g/mol. The molecule has 6 heteroatoms. The molecule has 0 saturated heterocycles. The van der Waals surface area contributed by atoms with E-state index in [1.807, 2.05) is 36.4 Å². The van der Waals surface area contributed by atoms with Crippen molar-refractivity contribution in [2.24, 2.45) is 0 Å². The lowest BCUT2D eigenvalue weighted by molar-refractivity contribution is 0.0933. The topological polar surface area (TPSA) is 46.9 Å². The summed E-state index contributed by atoms with van der Waals surface area (Å²) in [6.45, 7) is 0.698. The van der Waals surface area contributed by atoms with E-state index >= 15 is 0 Å². The highest BCUT2D eigenvalue weighted by Crippen LogP contribution is 2.26. The van der Waals surface area contributed by atoms with Crippen molar-refractivity contribution in [3.63, 3.8) is 0 Å². The normalized spacial score (nSPS) is 12.1. The smallest absolute Gasteiger partial charge is 0.251 e. The highest BCUT2D eigenvalue weighted by Gasteiger charge is 2.22. The van der Waals surface area contributed by atoms with Crippen LogP contribution in [0.3, 0.4) is 0 Å². The molecule has 158 valence electrons. The summed E-state index contributed by atoms with van der Waals surface area (Å²) in [6, 6.07) is 25.2. The Labute approximate surface area is 191 Å². The molecule has 0 unspecified atom stereocenters. The van der Waals surface area contributed by atoms with Crippen LogP contribution in [0.25, 0.3) is 11.0 Å². The molecule has 1 atom stereocenters. The molecule has 3 aromatic carbocycles. The Morgan fingerprint density at radius 1 is 1.03 bits per heavy atom. The Morgan fingerprint density at radius 3 is 2.48 bits per heavy atom.